The van der Waals surface area contributed by atoms with Crippen molar-refractivity contribution in [3.8, 4) is 11.3 Å². The van der Waals surface area contributed by atoms with Crippen LogP contribution in [0.1, 0.15) is 106 Å². The molecule has 0 aliphatic rings. The monoisotopic (exact) mass is 939 g/mol. The van der Waals surface area contributed by atoms with Gasteiger partial charge >= 0.3 is 220 Å². The zero-order valence-corrected chi connectivity index (χ0v) is 36.8. The van der Waals surface area contributed by atoms with Crippen molar-refractivity contribution in [2.45, 2.75) is 107 Å². The Bertz CT molecular complexity index is 2190. The maximum absolute atomic E-state index is 11.7. The second kappa shape index (κ2) is 17.4. The summed E-state index contributed by atoms with van der Waals surface area (Å²) in [5, 5.41) is 17.7. The molecule has 0 saturated carbocycles. The third kappa shape index (κ3) is 9.34. The van der Waals surface area contributed by atoms with Crippen molar-refractivity contribution < 1.29 is 30.0 Å². The fraction of sp³-hybridized carbons (Fsp3) is 0.404. The molecule has 5 heteroatoms. The fourth-order valence-corrected chi connectivity index (χ4v) is 10.0. The van der Waals surface area contributed by atoms with Gasteiger partial charge in [-0.3, -0.25) is 4.79 Å². The number of rotatable bonds is 9. The van der Waals surface area contributed by atoms with Crippen LogP contribution < -0.4 is 0 Å². The normalized spacial score (nSPS) is 12.5. The summed E-state index contributed by atoms with van der Waals surface area (Å²) >= 11 is 0.195. The first-order valence-electron chi connectivity index (χ1n) is 18.8. The molecule has 0 fully saturated rings. The van der Waals surface area contributed by atoms with E-state index in [0.29, 0.717) is 0 Å². The number of carbonyl (C=O) groups is 1. The molecule has 0 amide bonds. The van der Waals surface area contributed by atoms with Crippen molar-refractivity contribution in [3.63, 3.8) is 0 Å². The van der Waals surface area contributed by atoms with E-state index in [2.05, 4.69) is 114 Å². The van der Waals surface area contributed by atoms with E-state index in [9.17, 15) is 9.90 Å². The first-order valence-corrected chi connectivity index (χ1v) is 20.5. The van der Waals surface area contributed by atoms with Crippen LogP contribution in [0.2, 0.25) is 0 Å². The topological polar surface area (TPSA) is 50.2 Å². The van der Waals surface area contributed by atoms with Gasteiger partial charge in [-0.25, -0.2) is 0 Å². The summed E-state index contributed by atoms with van der Waals surface area (Å²) in [6, 6.07) is 28.6. The van der Waals surface area contributed by atoms with Gasteiger partial charge in [0.25, 0.3) is 0 Å². The minimum Gasteiger partial charge on any atom is -0.512 e. The molecule has 277 valence electrons. The molecule has 6 rings (SSSR count). The number of aromatic nitrogens is 1. The summed E-state index contributed by atoms with van der Waals surface area (Å²) in [7, 11) is 0. The Kier molecular flexibility index (Phi) is 13.9. The molecule has 0 saturated heterocycles. The third-order valence-electron chi connectivity index (χ3n) is 10.1. The Balaban J connectivity index is 0.000000323. The van der Waals surface area contributed by atoms with E-state index in [1.54, 1.807) is 0 Å². The molecular formula is C47H56IrNO2Se-. The van der Waals surface area contributed by atoms with Gasteiger partial charge in [0.05, 0.1) is 5.76 Å². The average molecular weight is 938 g/mol. The third-order valence-corrected chi connectivity index (χ3v) is 12.7. The molecule has 0 aliphatic heterocycles. The number of benzene rings is 4. The van der Waals surface area contributed by atoms with Crippen LogP contribution in [0.25, 0.3) is 52.1 Å². The molecule has 4 aromatic carbocycles. The maximum atomic E-state index is 11.7. The van der Waals surface area contributed by atoms with Gasteiger partial charge in [0.1, 0.15) is 0 Å². The molecule has 0 bridgehead atoms. The summed E-state index contributed by atoms with van der Waals surface area (Å²) in [6.07, 6.45) is 7.98. The number of ketones is 1. The number of aliphatic hydroxyl groups is 1. The van der Waals surface area contributed by atoms with E-state index in [-0.39, 0.29) is 68.8 Å². The summed E-state index contributed by atoms with van der Waals surface area (Å²) in [5.41, 5.74) is 5.30. The van der Waals surface area contributed by atoms with Crippen LogP contribution in [0, 0.1) is 23.3 Å². The summed E-state index contributed by atoms with van der Waals surface area (Å²) < 4.78 is 2.88. The predicted octanol–water partition coefficient (Wildman–Crippen LogP) is 13.0. The molecule has 3 nitrogen and oxygen atoms in total. The van der Waals surface area contributed by atoms with Crippen LogP contribution >= 0.6 is 0 Å². The minimum absolute atomic E-state index is 0. The van der Waals surface area contributed by atoms with Crippen LogP contribution in [0.5, 0.6) is 0 Å². The number of nitrogens with zero attached hydrogens (tertiary/aromatic N) is 1. The van der Waals surface area contributed by atoms with Crippen LogP contribution in [0.3, 0.4) is 0 Å². The number of fused-ring (bicyclic) bond motifs is 6. The maximum Gasteiger partial charge on any atom is 0.162 e. The smallest absolute Gasteiger partial charge is 0.162 e. The number of carbonyl (C=O) groups excluding carboxylic acids is 1. The van der Waals surface area contributed by atoms with E-state index >= 15 is 0 Å². The van der Waals surface area contributed by atoms with Gasteiger partial charge in [0, 0.05) is 38.0 Å². The molecule has 52 heavy (non-hydrogen) atoms. The van der Waals surface area contributed by atoms with Crippen molar-refractivity contribution in [1.82, 2.24) is 4.98 Å². The summed E-state index contributed by atoms with van der Waals surface area (Å²) in [4.78, 5) is 16.7. The van der Waals surface area contributed by atoms with Gasteiger partial charge in [0.15, 0.2) is 5.78 Å². The molecule has 0 unspecified atom stereocenters. The number of allylic oxidation sites excluding steroid dienone is 2. The number of aliphatic hydroxyl groups excluding tert-OH is 1. The fourth-order valence-electron chi connectivity index (χ4n) is 7.21. The van der Waals surface area contributed by atoms with Crippen molar-refractivity contribution in [1.29, 1.82) is 0 Å². The van der Waals surface area contributed by atoms with Crippen LogP contribution in [0.4, 0.5) is 0 Å². The van der Waals surface area contributed by atoms with Crippen molar-refractivity contribution in [2.24, 2.45) is 17.3 Å². The Labute approximate surface area is 331 Å². The quantitative estimate of drug-likeness (QED) is 0.0680. The van der Waals surface area contributed by atoms with E-state index in [1.165, 1.54) is 58.0 Å². The predicted molar refractivity (Wildman–Crippen MR) is 221 cm³/mol. The van der Waals surface area contributed by atoms with E-state index < -0.39 is 0 Å². The zero-order valence-electron chi connectivity index (χ0n) is 32.7. The number of hydrogen-bond donors (Lipinski definition) is 1. The number of pyridine rings is 1. The Hall–Kier alpha value is -3.07. The van der Waals surface area contributed by atoms with Crippen LogP contribution in [-0.2, 0) is 36.7 Å². The van der Waals surface area contributed by atoms with Gasteiger partial charge < -0.3 is 5.11 Å². The standard InChI is InChI=1S/C34H32NSe.C13H24O2.Ir/c1-33(2,3)20-21-11-13-26-23(17-21)12-14-27-28-15-16-35-30(32(28)36-31(26)27)24-18-22-9-7-8-10-25(22)29(19-24)34(4,5)6;1-5-10(6-2)12(14)9-13(15)11(7-3)8-4;/h7-17,19H,20H2,1-6H3;9-11,14H,5-8H2,1-4H3;/q-1;;/b;12-9-;. The van der Waals surface area contributed by atoms with Gasteiger partial charge in [0.2, 0.25) is 0 Å². The molecule has 0 atom stereocenters. The molecule has 1 N–H and O–H groups in total. The van der Waals surface area contributed by atoms with Crippen LogP contribution in [0.15, 0.2) is 84.8 Å². The van der Waals surface area contributed by atoms with E-state index in [0.717, 1.165) is 43.4 Å². The van der Waals surface area contributed by atoms with Crippen molar-refractivity contribution in [2.75, 3.05) is 0 Å². The molecule has 1 radical (unpaired) electrons. The minimum atomic E-state index is 0. The SMILES string of the molecule is CC(C)(C)Cc1ccc2c(ccc3c4ccnc(-c5[c-]c6ccccc6c(C(C)(C)C)c5)c4[se]c23)c1.CCC(CC)C(=O)/C=C(\O)C(CC)CC.[Ir]. The summed E-state index contributed by atoms with van der Waals surface area (Å²) in [6.45, 7) is 21.9. The largest absolute Gasteiger partial charge is 0.512 e. The Morgan fingerprint density at radius 3 is 2.06 bits per heavy atom. The van der Waals surface area contributed by atoms with Crippen molar-refractivity contribution in [3.05, 3.63) is 102 Å². The second-order valence-corrected chi connectivity index (χ2v) is 18.4. The average Bonchev–Trinajstić information content (AvgIpc) is 3.47. The van der Waals surface area contributed by atoms with Crippen molar-refractivity contribution >= 4 is 61.1 Å². The second-order valence-electron chi connectivity index (χ2n) is 16.3. The molecule has 0 aliphatic carbocycles. The van der Waals surface area contributed by atoms with Gasteiger partial charge in [-0.2, -0.15) is 0 Å². The van der Waals surface area contributed by atoms with E-state index in [1.807, 2.05) is 33.9 Å². The molecular weight excluding hydrogens is 882 g/mol. The van der Waals surface area contributed by atoms with Crippen LogP contribution in [-0.4, -0.2) is 30.4 Å². The first kappa shape index (κ1) is 41.7. The number of hydrogen-bond acceptors (Lipinski definition) is 3. The molecule has 2 heterocycles. The Morgan fingerprint density at radius 1 is 0.788 bits per heavy atom. The molecule has 6 aromatic rings. The summed E-state index contributed by atoms with van der Waals surface area (Å²) in [5.74, 6) is 0.547. The van der Waals surface area contributed by atoms with Gasteiger partial charge in [-0.1, -0.05) is 27.7 Å². The zero-order chi connectivity index (χ0) is 37.1. The van der Waals surface area contributed by atoms with Gasteiger partial charge in [-0.15, -0.1) is 0 Å². The van der Waals surface area contributed by atoms with E-state index in [4.69, 9.17) is 4.98 Å². The molecule has 0 spiro atoms. The van der Waals surface area contributed by atoms with Gasteiger partial charge in [-0.05, 0) is 25.7 Å². The Morgan fingerprint density at radius 2 is 1.42 bits per heavy atom. The molecule has 2 aromatic heterocycles. The first-order chi connectivity index (χ1) is 24.2.